The van der Waals surface area contributed by atoms with Gasteiger partial charge in [-0.25, -0.2) is 13.6 Å². The Morgan fingerprint density at radius 1 is 1.58 bits per heavy atom. The molecule has 0 rings (SSSR count). The van der Waals surface area contributed by atoms with E-state index in [4.69, 9.17) is 16.3 Å². The number of hydrogen-bond donors (Lipinski definition) is 3. The van der Waals surface area contributed by atoms with E-state index in [1.807, 2.05) is 0 Å². The standard InChI is InChI=1S/C6H15N3O2S/c1-5(7)4-6(8)2-3-12(9,10)11/h5,8H,2-4,7H2,1H3,(H2,9,10,11). The molecule has 0 fully saturated rings. The largest absolute Gasteiger partial charge is 0.328 e. The van der Waals surface area contributed by atoms with Crippen molar-refractivity contribution >= 4 is 15.7 Å². The fraction of sp³-hybridized carbons (Fsp3) is 0.833. The Bertz CT molecular complexity index is 246. The minimum absolute atomic E-state index is 0.0991. The molecule has 0 radical (unpaired) electrons. The Labute approximate surface area is 72.7 Å². The van der Waals surface area contributed by atoms with Crippen LogP contribution in [0.4, 0.5) is 0 Å². The minimum Gasteiger partial charge on any atom is -0.328 e. The number of primary sulfonamides is 1. The van der Waals surface area contributed by atoms with Crippen LogP contribution in [0.5, 0.6) is 0 Å². The van der Waals surface area contributed by atoms with E-state index in [2.05, 4.69) is 0 Å². The number of rotatable bonds is 5. The van der Waals surface area contributed by atoms with Crippen molar-refractivity contribution in [2.75, 3.05) is 5.75 Å². The molecule has 0 saturated carbocycles. The van der Waals surface area contributed by atoms with Crippen LogP contribution in [0.1, 0.15) is 19.8 Å². The third-order valence-electron chi connectivity index (χ3n) is 1.26. The molecule has 0 aromatic heterocycles. The van der Waals surface area contributed by atoms with Crippen LogP contribution in [0.15, 0.2) is 0 Å². The van der Waals surface area contributed by atoms with Gasteiger partial charge in [0.2, 0.25) is 10.0 Å². The Kier molecular flexibility index (Phi) is 4.36. The summed E-state index contributed by atoms with van der Waals surface area (Å²) in [4.78, 5) is 0. The highest BCUT2D eigenvalue weighted by atomic mass is 32.2. The zero-order valence-electron chi connectivity index (χ0n) is 7.08. The summed E-state index contributed by atoms with van der Waals surface area (Å²) in [6, 6.07) is -0.0991. The molecule has 12 heavy (non-hydrogen) atoms. The van der Waals surface area contributed by atoms with Crippen LogP contribution in [0.25, 0.3) is 0 Å². The second-order valence-electron chi connectivity index (χ2n) is 2.90. The lowest BCUT2D eigenvalue weighted by Gasteiger charge is -2.05. The third-order valence-corrected chi connectivity index (χ3v) is 2.03. The first kappa shape index (κ1) is 11.5. The fourth-order valence-corrected chi connectivity index (χ4v) is 1.29. The summed E-state index contributed by atoms with van der Waals surface area (Å²) in [5, 5.41) is 12.1. The molecule has 0 aliphatic heterocycles. The van der Waals surface area contributed by atoms with Crippen molar-refractivity contribution in [3.63, 3.8) is 0 Å². The van der Waals surface area contributed by atoms with Gasteiger partial charge < -0.3 is 11.1 Å². The molecule has 72 valence electrons. The maximum Gasteiger partial charge on any atom is 0.209 e. The fourth-order valence-electron chi connectivity index (χ4n) is 0.756. The van der Waals surface area contributed by atoms with Crippen molar-refractivity contribution in [3.8, 4) is 0 Å². The average molecular weight is 193 g/mol. The Morgan fingerprint density at radius 2 is 2.08 bits per heavy atom. The second kappa shape index (κ2) is 4.54. The van der Waals surface area contributed by atoms with Gasteiger partial charge in [-0.15, -0.1) is 0 Å². The van der Waals surface area contributed by atoms with E-state index in [1.165, 1.54) is 0 Å². The van der Waals surface area contributed by atoms with E-state index in [9.17, 15) is 8.42 Å². The molecule has 1 unspecified atom stereocenters. The van der Waals surface area contributed by atoms with Crippen LogP contribution >= 0.6 is 0 Å². The molecular weight excluding hydrogens is 178 g/mol. The van der Waals surface area contributed by atoms with Crippen molar-refractivity contribution in [1.29, 1.82) is 5.41 Å². The van der Waals surface area contributed by atoms with Crippen molar-refractivity contribution < 1.29 is 8.42 Å². The summed E-state index contributed by atoms with van der Waals surface area (Å²) in [7, 11) is -3.44. The van der Waals surface area contributed by atoms with Crippen molar-refractivity contribution in [2.24, 2.45) is 10.9 Å². The first-order chi connectivity index (χ1) is 5.31. The third kappa shape index (κ3) is 7.64. The van der Waals surface area contributed by atoms with Crippen molar-refractivity contribution in [3.05, 3.63) is 0 Å². The molecule has 1 atom stereocenters. The summed E-state index contributed by atoms with van der Waals surface area (Å²) >= 11 is 0. The topological polar surface area (TPSA) is 110 Å². The summed E-state index contributed by atoms with van der Waals surface area (Å²) in [6.07, 6.45) is 0.607. The van der Waals surface area contributed by atoms with Gasteiger partial charge in [0.15, 0.2) is 0 Å². The van der Waals surface area contributed by atoms with Gasteiger partial charge >= 0.3 is 0 Å². The smallest absolute Gasteiger partial charge is 0.209 e. The van der Waals surface area contributed by atoms with E-state index in [1.54, 1.807) is 6.92 Å². The van der Waals surface area contributed by atoms with Gasteiger partial charge in [-0.05, 0) is 13.3 Å². The van der Waals surface area contributed by atoms with E-state index >= 15 is 0 Å². The Morgan fingerprint density at radius 3 is 2.42 bits per heavy atom. The van der Waals surface area contributed by atoms with E-state index < -0.39 is 10.0 Å². The lowest BCUT2D eigenvalue weighted by atomic mass is 10.1. The van der Waals surface area contributed by atoms with Gasteiger partial charge in [-0.2, -0.15) is 0 Å². The van der Waals surface area contributed by atoms with Crippen LogP contribution in [0.2, 0.25) is 0 Å². The lowest BCUT2D eigenvalue weighted by Crippen LogP contribution is -2.23. The van der Waals surface area contributed by atoms with Crippen LogP contribution in [0.3, 0.4) is 0 Å². The summed E-state index contributed by atoms with van der Waals surface area (Å²) < 4.78 is 20.9. The first-order valence-electron chi connectivity index (χ1n) is 3.63. The first-order valence-corrected chi connectivity index (χ1v) is 5.35. The highest BCUT2D eigenvalue weighted by molar-refractivity contribution is 7.89. The monoisotopic (exact) mass is 193 g/mol. The number of hydrogen-bond acceptors (Lipinski definition) is 4. The summed E-state index contributed by atoms with van der Waals surface area (Å²) in [6.45, 7) is 1.77. The van der Waals surface area contributed by atoms with Crippen LogP contribution in [-0.4, -0.2) is 25.9 Å². The molecule has 5 N–H and O–H groups in total. The average Bonchev–Trinajstić information content (AvgIpc) is 1.80. The van der Waals surface area contributed by atoms with Gasteiger partial charge in [-0.3, -0.25) is 0 Å². The zero-order chi connectivity index (χ0) is 9.78. The highest BCUT2D eigenvalue weighted by Crippen LogP contribution is 1.95. The molecule has 0 aliphatic carbocycles. The second-order valence-corrected chi connectivity index (χ2v) is 4.64. The maximum atomic E-state index is 10.5. The van der Waals surface area contributed by atoms with Crippen molar-refractivity contribution in [1.82, 2.24) is 0 Å². The van der Waals surface area contributed by atoms with E-state index in [0.717, 1.165) is 0 Å². The zero-order valence-corrected chi connectivity index (χ0v) is 7.89. The molecule has 0 bridgehead atoms. The van der Waals surface area contributed by atoms with Gasteiger partial charge in [0.25, 0.3) is 0 Å². The van der Waals surface area contributed by atoms with Gasteiger partial charge in [0, 0.05) is 18.2 Å². The van der Waals surface area contributed by atoms with Gasteiger partial charge in [0.05, 0.1) is 5.75 Å². The van der Waals surface area contributed by atoms with Crippen LogP contribution in [-0.2, 0) is 10.0 Å². The molecule has 0 amide bonds. The molecule has 6 heteroatoms. The lowest BCUT2D eigenvalue weighted by molar-refractivity contribution is 0.597. The predicted molar refractivity (Wildman–Crippen MR) is 48.6 cm³/mol. The Balaban J connectivity index is 3.73. The van der Waals surface area contributed by atoms with Crippen LogP contribution in [0, 0.1) is 5.41 Å². The van der Waals surface area contributed by atoms with Crippen LogP contribution < -0.4 is 10.9 Å². The molecule has 0 spiro atoms. The summed E-state index contributed by atoms with van der Waals surface area (Å²) in [5.41, 5.74) is 5.74. The van der Waals surface area contributed by atoms with Gasteiger partial charge in [0.1, 0.15) is 0 Å². The number of nitrogens with one attached hydrogen (secondary N) is 1. The SMILES string of the molecule is CC(N)CC(=N)CCS(N)(=O)=O. The highest BCUT2D eigenvalue weighted by Gasteiger charge is 2.06. The van der Waals surface area contributed by atoms with Crippen molar-refractivity contribution in [2.45, 2.75) is 25.8 Å². The normalized spacial score (nSPS) is 14.2. The Hall–Kier alpha value is -0.460. The minimum atomic E-state index is -3.44. The van der Waals surface area contributed by atoms with E-state index in [0.29, 0.717) is 12.1 Å². The predicted octanol–water partition coefficient (Wildman–Crippen LogP) is -0.578. The summed E-state index contributed by atoms with van der Waals surface area (Å²) in [5.74, 6) is -0.168. The molecule has 0 heterocycles. The molecule has 5 nitrogen and oxygen atoms in total. The van der Waals surface area contributed by atoms with E-state index in [-0.39, 0.29) is 18.2 Å². The van der Waals surface area contributed by atoms with Gasteiger partial charge in [-0.1, -0.05) is 0 Å². The molecule has 0 aliphatic rings. The maximum absolute atomic E-state index is 10.5. The molecule has 0 aromatic carbocycles. The quantitative estimate of drug-likeness (QED) is 0.508. The molecule has 0 aromatic rings. The molecule has 0 saturated heterocycles. The number of sulfonamides is 1. The molecular formula is C6H15N3O2S. The number of nitrogens with two attached hydrogens (primary N) is 2.